The molecule has 3 aromatic heterocycles. The predicted molar refractivity (Wildman–Crippen MR) is 190 cm³/mol. The molecule has 2 N–H and O–H groups in total. The molecule has 1 amide bonds. The van der Waals surface area contributed by atoms with E-state index < -0.39 is 17.5 Å². The lowest BCUT2D eigenvalue weighted by Gasteiger charge is -2.29. The summed E-state index contributed by atoms with van der Waals surface area (Å²) in [5.41, 5.74) is 5.86. The van der Waals surface area contributed by atoms with Crippen molar-refractivity contribution in [2.75, 3.05) is 25.0 Å². The van der Waals surface area contributed by atoms with Crippen molar-refractivity contribution in [3.8, 4) is 11.9 Å². The summed E-state index contributed by atoms with van der Waals surface area (Å²) in [7, 11) is 0. The fourth-order valence-corrected chi connectivity index (χ4v) is 6.60. The van der Waals surface area contributed by atoms with Gasteiger partial charge in [-0.2, -0.15) is 10.4 Å². The van der Waals surface area contributed by atoms with Gasteiger partial charge in [-0.15, -0.1) is 0 Å². The summed E-state index contributed by atoms with van der Waals surface area (Å²) >= 11 is 0. The molecule has 0 spiro atoms. The SMILES string of the molecule is Cc1n[nH]c2c(F)cc(C(=O)Nc3ccc4c(c3)nc(CN3CC=C(c5cccc(OCc6ccc(C#N)cc6F)n5)CC3)n4C[C@@H]3CCO3)cc12. The Hall–Kier alpha value is -5.97. The lowest BCUT2D eigenvalue weighted by Crippen LogP contribution is -2.33. The number of carbonyl (C=O) groups excluding carboxylic acids is 1. The number of pyridine rings is 1. The van der Waals surface area contributed by atoms with Crippen LogP contribution in [0.25, 0.3) is 27.5 Å². The van der Waals surface area contributed by atoms with Crippen LogP contribution < -0.4 is 10.1 Å². The molecule has 52 heavy (non-hydrogen) atoms. The van der Waals surface area contributed by atoms with E-state index in [1.807, 2.05) is 36.4 Å². The van der Waals surface area contributed by atoms with Gasteiger partial charge in [-0.25, -0.2) is 18.7 Å². The maximum atomic E-state index is 14.7. The molecule has 11 nitrogen and oxygen atoms in total. The molecule has 1 atom stereocenters. The average Bonchev–Trinajstić information content (AvgIpc) is 3.68. The number of anilines is 1. The van der Waals surface area contributed by atoms with Gasteiger partial charge in [0.05, 0.1) is 53.2 Å². The van der Waals surface area contributed by atoms with E-state index in [1.54, 1.807) is 31.2 Å². The second-order valence-corrected chi connectivity index (χ2v) is 13.0. The zero-order valence-electron chi connectivity index (χ0n) is 28.3. The summed E-state index contributed by atoms with van der Waals surface area (Å²) in [6.07, 6.45) is 4.04. The summed E-state index contributed by atoms with van der Waals surface area (Å²) < 4.78 is 42.8. The number of hydrogen-bond donors (Lipinski definition) is 2. The standard InChI is InChI=1S/C39H34F2N8O3/c1-23-30-16-27(17-32(41)38(30)47-46-23)39(50)43-28-7-8-35-34(18-28)44-36(49(35)20-29-11-14-51-29)21-48-12-9-25(10-13-48)33-3-2-4-37(45-33)52-22-26-6-5-24(19-42)15-31(26)40/h2-9,15-18,29H,10-14,20-22H2,1H3,(H,43,50)(H,46,47)/t29-/m0/s1. The van der Waals surface area contributed by atoms with Crippen molar-refractivity contribution in [1.29, 1.82) is 5.26 Å². The maximum Gasteiger partial charge on any atom is 0.255 e. The van der Waals surface area contributed by atoms with Gasteiger partial charge < -0.3 is 19.4 Å². The van der Waals surface area contributed by atoms with Gasteiger partial charge in [0.15, 0.2) is 0 Å². The molecule has 8 rings (SSSR count). The van der Waals surface area contributed by atoms with E-state index in [9.17, 15) is 13.6 Å². The average molecular weight is 701 g/mol. The Bertz CT molecular complexity index is 2410. The van der Waals surface area contributed by atoms with Crippen LogP contribution in [0.2, 0.25) is 0 Å². The van der Waals surface area contributed by atoms with E-state index in [2.05, 4.69) is 36.0 Å². The summed E-state index contributed by atoms with van der Waals surface area (Å²) in [5, 5.41) is 19.2. The molecule has 0 unspecified atom stereocenters. The third kappa shape index (κ3) is 6.73. The Morgan fingerprint density at radius 1 is 1.12 bits per heavy atom. The first-order valence-electron chi connectivity index (χ1n) is 17.1. The molecule has 2 aliphatic rings. The van der Waals surface area contributed by atoms with Crippen LogP contribution in [0.1, 0.15) is 51.5 Å². The van der Waals surface area contributed by atoms with Crippen LogP contribution >= 0.6 is 0 Å². The van der Waals surface area contributed by atoms with Gasteiger partial charge in [0.1, 0.15) is 29.6 Å². The van der Waals surface area contributed by atoms with Gasteiger partial charge in [0, 0.05) is 48.0 Å². The number of nitrogens with zero attached hydrogens (tertiary/aromatic N) is 6. The number of benzene rings is 3. The summed E-state index contributed by atoms with van der Waals surface area (Å²) in [6.45, 7) is 5.29. The van der Waals surface area contributed by atoms with Crippen LogP contribution in [0.4, 0.5) is 14.5 Å². The number of rotatable bonds is 10. The Labute approximate surface area is 297 Å². The summed E-state index contributed by atoms with van der Waals surface area (Å²) in [5.74, 6) is -0.150. The number of H-pyrrole nitrogens is 1. The van der Waals surface area contributed by atoms with Crippen molar-refractivity contribution in [1.82, 2.24) is 29.6 Å². The first kappa shape index (κ1) is 33.2. The van der Waals surface area contributed by atoms with Crippen LogP contribution in [0.5, 0.6) is 5.88 Å². The largest absolute Gasteiger partial charge is 0.473 e. The smallest absolute Gasteiger partial charge is 0.255 e. The van der Waals surface area contributed by atoms with Gasteiger partial charge in [-0.1, -0.05) is 18.2 Å². The molecule has 3 aromatic carbocycles. The molecule has 0 radical (unpaired) electrons. The van der Waals surface area contributed by atoms with Crippen molar-refractivity contribution >= 4 is 39.1 Å². The molecule has 1 fully saturated rings. The normalized spacial score (nSPS) is 16.0. The molecule has 262 valence electrons. The second kappa shape index (κ2) is 14.0. The molecule has 0 saturated carbocycles. The molecule has 6 aromatic rings. The molecular weight excluding hydrogens is 666 g/mol. The molecule has 0 bridgehead atoms. The second-order valence-electron chi connectivity index (χ2n) is 13.0. The fraction of sp³-hybridized carbons (Fsp3) is 0.256. The van der Waals surface area contributed by atoms with Crippen LogP contribution in [-0.2, 0) is 24.4 Å². The monoisotopic (exact) mass is 700 g/mol. The van der Waals surface area contributed by atoms with Crippen molar-refractivity contribution in [3.05, 3.63) is 118 Å². The minimum Gasteiger partial charge on any atom is -0.473 e. The van der Waals surface area contributed by atoms with E-state index in [0.717, 1.165) is 54.1 Å². The number of amides is 1. The fourth-order valence-electron chi connectivity index (χ4n) is 6.60. The lowest BCUT2D eigenvalue weighted by molar-refractivity contribution is -0.0591. The molecule has 13 heteroatoms. The Balaban J connectivity index is 0.962. The highest BCUT2D eigenvalue weighted by Crippen LogP contribution is 2.28. The van der Waals surface area contributed by atoms with Gasteiger partial charge >= 0.3 is 0 Å². The van der Waals surface area contributed by atoms with E-state index in [4.69, 9.17) is 19.7 Å². The zero-order chi connectivity index (χ0) is 35.8. The quantitative estimate of drug-likeness (QED) is 0.162. The van der Waals surface area contributed by atoms with E-state index in [1.165, 1.54) is 12.1 Å². The molecular formula is C39H34F2N8O3. The van der Waals surface area contributed by atoms with Crippen molar-refractivity contribution in [2.24, 2.45) is 0 Å². The summed E-state index contributed by atoms with van der Waals surface area (Å²) in [4.78, 5) is 25.2. The summed E-state index contributed by atoms with van der Waals surface area (Å²) in [6, 6.07) is 20.3. The topological polar surface area (TPSA) is 134 Å². The number of fused-ring (bicyclic) bond motifs is 2. The van der Waals surface area contributed by atoms with E-state index in [-0.39, 0.29) is 29.4 Å². The number of aryl methyl sites for hydroxylation is 1. The number of carbonyl (C=O) groups is 1. The maximum absolute atomic E-state index is 14.7. The van der Waals surface area contributed by atoms with Gasteiger partial charge in [0.2, 0.25) is 5.88 Å². The minimum absolute atomic E-state index is 0.00354. The molecule has 5 heterocycles. The third-order valence-corrected chi connectivity index (χ3v) is 9.61. The molecule has 2 aliphatic heterocycles. The lowest BCUT2D eigenvalue weighted by atomic mass is 10.0. The number of halogens is 2. The zero-order valence-corrected chi connectivity index (χ0v) is 28.3. The molecule has 1 saturated heterocycles. The first-order chi connectivity index (χ1) is 25.3. The van der Waals surface area contributed by atoms with Crippen molar-refractivity contribution in [3.63, 3.8) is 0 Å². The van der Waals surface area contributed by atoms with Gasteiger partial charge in [0.25, 0.3) is 5.91 Å². The van der Waals surface area contributed by atoms with Crippen LogP contribution in [-0.4, -0.2) is 61.3 Å². The number of imidazole rings is 1. The number of aromatic amines is 1. The van der Waals surface area contributed by atoms with Crippen molar-refractivity contribution in [2.45, 2.75) is 45.6 Å². The van der Waals surface area contributed by atoms with Crippen molar-refractivity contribution < 1.29 is 23.0 Å². The highest BCUT2D eigenvalue weighted by atomic mass is 19.1. The van der Waals surface area contributed by atoms with Gasteiger partial charge in [-0.3, -0.25) is 14.8 Å². The number of ether oxygens (including phenoxy) is 2. The Morgan fingerprint density at radius 3 is 2.77 bits per heavy atom. The Morgan fingerprint density at radius 2 is 2.00 bits per heavy atom. The number of hydrogen-bond acceptors (Lipinski definition) is 8. The van der Waals surface area contributed by atoms with Crippen LogP contribution in [0.15, 0.2) is 72.8 Å². The van der Waals surface area contributed by atoms with E-state index in [0.29, 0.717) is 47.8 Å². The number of aromatic nitrogens is 5. The highest BCUT2D eigenvalue weighted by Gasteiger charge is 2.24. The highest BCUT2D eigenvalue weighted by molar-refractivity contribution is 6.07. The van der Waals surface area contributed by atoms with Gasteiger partial charge in [-0.05, 0) is 73.9 Å². The first-order valence-corrected chi connectivity index (χ1v) is 17.1. The number of nitrogens with one attached hydrogen (secondary N) is 2. The third-order valence-electron chi connectivity index (χ3n) is 9.61. The van der Waals surface area contributed by atoms with Crippen LogP contribution in [0.3, 0.4) is 0 Å². The van der Waals surface area contributed by atoms with Crippen LogP contribution in [0, 0.1) is 29.9 Å². The predicted octanol–water partition coefficient (Wildman–Crippen LogP) is 6.68. The Kier molecular flexibility index (Phi) is 8.92. The molecule has 0 aliphatic carbocycles. The van der Waals surface area contributed by atoms with E-state index >= 15 is 0 Å². The minimum atomic E-state index is -0.535. The number of nitriles is 1.